The molecule has 2 N–H and O–H groups in total. The maximum atomic E-state index is 11.5. The number of ether oxygens (including phenoxy) is 2. The third-order valence-electron chi connectivity index (χ3n) is 2.16. The number of hydrogen-bond acceptors (Lipinski definition) is 5. The Bertz CT molecular complexity index is 433. The molecule has 0 saturated heterocycles. The Morgan fingerprint density at radius 2 is 1.75 bits per heavy atom. The van der Waals surface area contributed by atoms with Crippen LogP contribution in [-0.2, 0) is 9.47 Å². The first-order valence-corrected chi connectivity index (χ1v) is 6.42. The van der Waals surface area contributed by atoms with Gasteiger partial charge in [0.1, 0.15) is 11.3 Å². The van der Waals surface area contributed by atoms with E-state index < -0.39 is 18.4 Å². The number of carbonyl (C=O) groups is 2. The first-order valence-electron chi connectivity index (χ1n) is 6.04. The van der Waals surface area contributed by atoms with Crippen molar-refractivity contribution in [1.29, 1.82) is 0 Å². The van der Waals surface area contributed by atoms with Gasteiger partial charge in [0.05, 0.1) is 13.2 Å². The van der Waals surface area contributed by atoms with Crippen LogP contribution in [0.3, 0.4) is 0 Å². The summed E-state index contributed by atoms with van der Waals surface area (Å²) in [6, 6.07) is 3.17. The fourth-order valence-electron chi connectivity index (χ4n) is 1.34. The minimum absolute atomic E-state index is 0.219. The Balaban J connectivity index is 2.80. The summed E-state index contributed by atoms with van der Waals surface area (Å²) in [4.78, 5) is 26.8. The summed E-state index contributed by atoms with van der Waals surface area (Å²) in [5, 5.41) is 5.28. The van der Waals surface area contributed by atoms with Crippen molar-refractivity contribution in [3.63, 3.8) is 0 Å². The second-order valence-electron chi connectivity index (χ2n) is 3.58. The molecule has 1 aromatic heterocycles. The van der Waals surface area contributed by atoms with Crippen molar-refractivity contribution in [3.05, 3.63) is 29.0 Å². The van der Waals surface area contributed by atoms with Crippen molar-refractivity contribution in [1.82, 2.24) is 15.6 Å². The average molecular weight is 302 g/mol. The largest absolute Gasteiger partial charge is 0.450 e. The number of aromatic nitrogens is 1. The predicted octanol–water partition coefficient (Wildman–Crippen LogP) is 2.23. The molecule has 1 heterocycles. The molecule has 0 aliphatic rings. The minimum atomic E-state index is -0.821. The molecule has 0 fully saturated rings. The fraction of sp³-hybridized carbons (Fsp3) is 0.417. The van der Waals surface area contributed by atoms with E-state index in [4.69, 9.17) is 21.1 Å². The normalized spacial score (nSPS) is 10.0. The second kappa shape index (κ2) is 8.21. The van der Waals surface area contributed by atoms with Gasteiger partial charge >= 0.3 is 12.2 Å². The lowest BCUT2D eigenvalue weighted by Gasteiger charge is -2.19. The van der Waals surface area contributed by atoms with Crippen LogP contribution >= 0.6 is 11.6 Å². The highest BCUT2D eigenvalue weighted by molar-refractivity contribution is 6.29. The number of rotatable bonds is 5. The van der Waals surface area contributed by atoms with Gasteiger partial charge in [0.15, 0.2) is 0 Å². The number of amides is 2. The van der Waals surface area contributed by atoms with Crippen LogP contribution < -0.4 is 10.6 Å². The average Bonchev–Trinajstić information content (AvgIpc) is 2.39. The Morgan fingerprint density at radius 3 is 2.15 bits per heavy atom. The molecule has 0 unspecified atom stereocenters. The summed E-state index contributed by atoms with van der Waals surface area (Å²) in [5.74, 6) is 0. The molecule has 0 atom stereocenters. The van der Waals surface area contributed by atoms with Gasteiger partial charge in [-0.15, -0.1) is 0 Å². The van der Waals surface area contributed by atoms with Gasteiger partial charge in [0.25, 0.3) is 0 Å². The summed E-state index contributed by atoms with van der Waals surface area (Å²) in [7, 11) is 0. The van der Waals surface area contributed by atoms with E-state index >= 15 is 0 Å². The van der Waals surface area contributed by atoms with E-state index in [2.05, 4.69) is 15.6 Å². The van der Waals surface area contributed by atoms with Crippen molar-refractivity contribution in [2.45, 2.75) is 20.0 Å². The topological polar surface area (TPSA) is 89.6 Å². The van der Waals surface area contributed by atoms with Gasteiger partial charge in [-0.25, -0.2) is 14.6 Å². The number of carbonyl (C=O) groups excluding carboxylic acids is 2. The molecule has 0 spiro atoms. The zero-order valence-corrected chi connectivity index (χ0v) is 11.9. The standard InChI is InChI=1S/C12H16ClN3O4/c1-3-19-11(17)15-10(16-12(18)20-4-2)8-5-6-9(13)14-7-8/h5-7,10H,3-4H2,1-2H3,(H,15,17)(H,16,18). The van der Waals surface area contributed by atoms with Gasteiger partial charge in [-0.2, -0.15) is 0 Å². The molecule has 20 heavy (non-hydrogen) atoms. The molecule has 0 radical (unpaired) electrons. The molecule has 110 valence electrons. The SMILES string of the molecule is CCOC(=O)NC(NC(=O)OCC)c1ccc(Cl)nc1. The summed E-state index contributed by atoms with van der Waals surface area (Å²) in [6.45, 7) is 3.79. The van der Waals surface area contributed by atoms with Crippen LogP contribution in [-0.4, -0.2) is 30.4 Å². The van der Waals surface area contributed by atoms with Crippen LogP contribution in [0.4, 0.5) is 9.59 Å². The molecule has 1 rings (SSSR count). The minimum Gasteiger partial charge on any atom is -0.450 e. The van der Waals surface area contributed by atoms with Gasteiger partial charge in [-0.3, -0.25) is 10.6 Å². The van der Waals surface area contributed by atoms with Crippen molar-refractivity contribution >= 4 is 23.8 Å². The third-order valence-corrected chi connectivity index (χ3v) is 2.38. The Labute approximate surface area is 121 Å². The highest BCUT2D eigenvalue weighted by Crippen LogP contribution is 2.12. The molecule has 0 aliphatic carbocycles. The Hall–Kier alpha value is -2.02. The van der Waals surface area contributed by atoms with Crippen molar-refractivity contribution in [2.24, 2.45) is 0 Å². The van der Waals surface area contributed by atoms with Crippen LogP contribution in [0, 0.1) is 0 Å². The van der Waals surface area contributed by atoms with Crippen molar-refractivity contribution in [3.8, 4) is 0 Å². The van der Waals surface area contributed by atoms with Crippen molar-refractivity contribution < 1.29 is 19.1 Å². The summed E-state index contributed by atoms with van der Waals surface area (Å²) in [5.41, 5.74) is 0.538. The Morgan fingerprint density at radius 1 is 1.20 bits per heavy atom. The number of halogens is 1. The second-order valence-corrected chi connectivity index (χ2v) is 3.96. The molecule has 0 bridgehead atoms. The number of pyridine rings is 1. The molecule has 7 nitrogen and oxygen atoms in total. The van der Waals surface area contributed by atoms with E-state index in [1.54, 1.807) is 26.0 Å². The molecular formula is C12H16ClN3O4. The number of alkyl carbamates (subject to hydrolysis) is 2. The third kappa shape index (κ3) is 5.31. The molecule has 0 aliphatic heterocycles. The van der Waals surface area contributed by atoms with Crippen LogP contribution in [0.25, 0.3) is 0 Å². The van der Waals surface area contributed by atoms with Gasteiger partial charge < -0.3 is 9.47 Å². The van der Waals surface area contributed by atoms with Gasteiger partial charge in [-0.05, 0) is 19.9 Å². The predicted molar refractivity (Wildman–Crippen MR) is 72.3 cm³/mol. The van der Waals surface area contributed by atoms with Gasteiger partial charge in [0.2, 0.25) is 0 Å². The molecule has 1 aromatic rings. The van der Waals surface area contributed by atoms with Crippen LogP contribution in [0.5, 0.6) is 0 Å². The Kier molecular flexibility index (Phi) is 6.58. The number of nitrogens with one attached hydrogen (secondary N) is 2. The first-order chi connectivity index (χ1) is 9.56. The van der Waals surface area contributed by atoms with Crippen molar-refractivity contribution in [2.75, 3.05) is 13.2 Å². The van der Waals surface area contributed by atoms with E-state index in [0.29, 0.717) is 10.7 Å². The summed E-state index contributed by atoms with van der Waals surface area (Å²) < 4.78 is 9.54. The number of nitrogens with zero attached hydrogens (tertiary/aromatic N) is 1. The summed E-state index contributed by atoms with van der Waals surface area (Å²) in [6.07, 6.45) is -0.711. The molecular weight excluding hydrogens is 286 g/mol. The molecule has 0 aromatic carbocycles. The smallest absolute Gasteiger partial charge is 0.409 e. The molecule has 8 heteroatoms. The van der Waals surface area contributed by atoms with E-state index in [1.165, 1.54) is 6.20 Å². The lowest BCUT2D eigenvalue weighted by atomic mass is 10.2. The summed E-state index contributed by atoms with van der Waals surface area (Å²) >= 11 is 5.69. The highest BCUT2D eigenvalue weighted by atomic mass is 35.5. The lowest BCUT2D eigenvalue weighted by Crippen LogP contribution is -2.41. The quantitative estimate of drug-likeness (QED) is 0.643. The van der Waals surface area contributed by atoms with E-state index in [1.807, 2.05) is 0 Å². The highest BCUT2D eigenvalue weighted by Gasteiger charge is 2.18. The van der Waals surface area contributed by atoms with Crippen LogP contribution in [0.2, 0.25) is 5.15 Å². The monoisotopic (exact) mass is 301 g/mol. The van der Waals surface area contributed by atoms with E-state index in [-0.39, 0.29) is 13.2 Å². The van der Waals surface area contributed by atoms with Gasteiger partial charge in [-0.1, -0.05) is 17.7 Å². The zero-order valence-electron chi connectivity index (χ0n) is 11.2. The van der Waals surface area contributed by atoms with Crippen LogP contribution in [0.15, 0.2) is 18.3 Å². The van der Waals surface area contributed by atoms with E-state index in [0.717, 1.165) is 0 Å². The zero-order chi connectivity index (χ0) is 15.0. The van der Waals surface area contributed by atoms with Gasteiger partial charge in [0, 0.05) is 11.8 Å². The molecule has 0 saturated carbocycles. The maximum absolute atomic E-state index is 11.5. The number of hydrogen-bond donors (Lipinski definition) is 2. The fourth-order valence-corrected chi connectivity index (χ4v) is 1.45. The van der Waals surface area contributed by atoms with E-state index in [9.17, 15) is 9.59 Å². The lowest BCUT2D eigenvalue weighted by molar-refractivity contribution is 0.135. The first kappa shape index (κ1) is 16.0. The maximum Gasteiger partial charge on any atom is 0.409 e. The van der Waals surface area contributed by atoms with Crippen LogP contribution in [0.1, 0.15) is 25.6 Å². The molecule has 2 amide bonds.